The largest absolute Gasteiger partial charge is 0.290 e. The molecule has 6 heteroatoms. The number of rotatable bonds is 6. The molecule has 0 unspecified atom stereocenters. The van der Waals surface area contributed by atoms with E-state index in [4.69, 9.17) is 11.6 Å². The Kier molecular flexibility index (Phi) is 5.85. The molecule has 0 fully saturated rings. The fourth-order valence-electron chi connectivity index (χ4n) is 0.555. The van der Waals surface area contributed by atoms with Gasteiger partial charge in [-0.1, -0.05) is 4.89 Å². The maximum atomic E-state index is 10.8. The van der Waals surface area contributed by atoms with E-state index in [2.05, 4.69) is 4.84 Å². The second-order valence-corrected chi connectivity index (χ2v) is 4.18. The summed E-state index contributed by atoms with van der Waals surface area (Å²) in [6, 6.07) is 0. The third kappa shape index (κ3) is 6.55. The van der Waals surface area contributed by atoms with E-state index in [0.717, 1.165) is 0 Å². The highest BCUT2D eigenvalue weighted by Crippen LogP contribution is 1.95. The lowest BCUT2D eigenvalue weighted by atomic mass is 10.4. The Morgan fingerprint density at radius 2 is 2.09 bits per heavy atom. The van der Waals surface area contributed by atoms with Gasteiger partial charge in [0.15, 0.2) is 0 Å². The molecule has 4 nitrogen and oxygen atoms in total. The highest BCUT2D eigenvalue weighted by molar-refractivity contribution is 7.89. The lowest BCUT2D eigenvalue weighted by Crippen LogP contribution is -2.25. The van der Waals surface area contributed by atoms with Crippen molar-refractivity contribution in [3.8, 4) is 0 Å². The normalized spacial score (nSPS) is 11.8. The number of halogens is 1. The predicted molar refractivity (Wildman–Crippen MR) is 43.9 cm³/mol. The molecule has 0 aromatic heterocycles. The molecule has 0 rings (SSSR count). The van der Waals surface area contributed by atoms with E-state index in [0.29, 0.717) is 18.7 Å². The van der Waals surface area contributed by atoms with Gasteiger partial charge in [-0.2, -0.15) is 0 Å². The van der Waals surface area contributed by atoms with Crippen LogP contribution in [0.3, 0.4) is 0 Å². The number of unbranched alkanes of at least 4 members (excludes halogenated alkanes) is 1. The maximum Gasteiger partial charge on any atom is 0.233 e. The van der Waals surface area contributed by atoms with Crippen molar-refractivity contribution in [2.24, 2.45) is 0 Å². The van der Waals surface area contributed by atoms with Gasteiger partial charge in [-0.05, 0) is 12.8 Å². The van der Waals surface area contributed by atoms with Gasteiger partial charge in [0.05, 0.1) is 12.9 Å². The molecule has 0 radical (unpaired) electrons. The topological polar surface area (TPSA) is 55.4 Å². The van der Waals surface area contributed by atoms with Gasteiger partial charge in [0, 0.05) is 5.88 Å². The zero-order valence-electron chi connectivity index (χ0n) is 6.34. The van der Waals surface area contributed by atoms with E-state index >= 15 is 0 Å². The molecule has 0 aromatic rings. The monoisotopic (exact) mass is 201 g/mol. The summed E-state index contributed by atoms with van der Waals surface area (Å²) in [4.78, 5) is 6.18. The zero-order chi connectivity index (χ0) is 8.74. The second-order valence-electron chi connectivity index (χ2n) is 2.00. The van der Waals surface area contributed by atoms with Crippen LogP contribution in [0.5, 0.6) is 0 Å². The van der Waals surface area contributed by atoms with Crippen LogP contribution in [0.1, 0.15) is 12.8 Å². The number of sulfonamides is 1. The van der Waals surface area contributed by atoms with Crippen molar-refractivity contribution in [2.75, 3.05) is 18.7 Å². The van der Waals surface area contributed by atoms with Crippen LogP contribution in [0.2, 0.25) is 0 Å². The summed E-state index contributed by atoms with van der Waals surface area (Å²) in [6.45, 7) is 0. The Hall–Kier alpha value is 0.160. The molecular weight excluding hydrogens is 190 g/mol. The van der Waals surface area contributed by atoms with Gasteiger partial charge >= 0.3 is 0 Å². The molecule has 0 aromatic carbocycles. The van der Waals surface area contributed by atoms with Crippen molar-refractivity contribution in [3.63, 3.8) is 0 Å². The van der Waals surface area contributed by atoms with Gasteiger partial charge in [0.2, 0.25) is 10.0 Å². The zero-order valence-corrected chi connectivity index (χ0v) is 7.91. The van der Waals surface area contributed by atoms with Gasteiger partial charge in [-0.15, -0.1) is 11.6 Å². The van der Waals surface area contributed by atoms with Crippen LogP contribution >= 0.6 is 11.6 Å². The Morgan fingerprint density at radius 3 is 2.55 bits per heavy atom. The highest BCUT2D eigenvalue weighted by atomic mass is 35.5. The molecule has 68 valence electrons. The van der Waals surface area contributed by atoms with E-state index in [-0.39, 0.29) is 5.75 Å². The van der Waals surface area contributed by atoms with Gasteiger partial charge in [0.1, 0.15) is 0 Å². The van der Waals surface area contributed by atoms with Crippen LogP contribution in [-0.2, 0) is 14.9 Å². The molecule has 0 atom stereocenters. The number of nitrogens with one attached hydrogen (secondary N) is 1. The maximum absolute atomic E-state index is 10.8. The average Bonchev–Trinajstić information content (AvgIpc) is 1.87. The Bertz CT molecular complexity index is 180. The van der Waals surface area contributed by atoms with Crippen LogP contribution in [0.15, 0.2) is 0 Å². The first-order valence-corrected chi connectivity index (χ1v) is 5.39. The minimum Gasteiger partial charge on any atom is -0.290 e. The number of hydrogen-bond acceptors (Lipinski definition) is 3. The summed E-state index contributed by atoms with van der Waals surface area (Å²) in [6.07, 6.45) is 1.26. The fourth-order valence-corrected chi connectivity index (χ4v) is 1.67. The summed E-state index contributed by atoms with van der Waals surface area (Å²) in [5.41, 5.74) is 0. The standard InChI is InChI=1S/C5H12ClNO3S/c1-10-7-11(8,9)5-3-2-4-6/h7H,2-5H2,1H3. The SMILES string of the molecule is CONS(=O)(=O)CCCCCl. The molecule has 0 saturated heterocycles. The molecule has 0 aliphatic rings. The van der Waals surface area contributed by atoms with E-state index < -0.39 is 10.0 Å². The van der Waals surface area contributed by atoms with Crippen molar-refractivity contribution in [1.82, 2.24) is 4.89 Å². The minimum atomic E-state index is -3.23. The molecule has 0 saturated carbocycles. The molecule has 0 aliphatic heterocycles. The molecule has 0 spiro atoms. The van der Waals surface area contributed by atoms with Crippen molar-refractivity contribution in [3.05, 3.63) is 0 Å². The molecule has 0 bridgehead atoms. The van der Waals surface area contributed by atoms with Crippen molar-refractivity contribution < 1.29 is 13.3 Å². The van der Waals surface area contributed by atoms with Crippen LogP contribution in [0, 0.1) is 0 Å². The third-order valence-electron chi connectivity index (χ3n) is 1.01. The lowest BCUT2D eigenvalue weighted by molar-refractivity contribution is 0.153. The summed E-state index contributed by atoms with van der Waals surface area (Å²) >= 11 is 5.36. The van der Waals surface area contributed by atoms with Crippen molar-refractivity contribution in [2.45, 2.75) is 12.8 Å². The molecule has 0 amide bonds. The smallest absolute Gasteiger partial charge is 0.233 e. The first-order chi connectivity index (χ1) is 5.12. The van der Waals surface area contributed by atoms with Crippen LogP contribution < -0.4 is 4.89 Å². The Balaban J connectivity index is 3.56. The van der Waals surface area contributed by atoms with E-state index in [1.165, 1.54) is 7.11 Å². The van der Waals surface area contributed by atoms with Gasteiger partial charge in [-0.25, -0.2) is 8.42 Å². The van der Waals surface area contributed by atoms with Crippen LogP contribution in [0.25, 0.3) is 0 Å². The van der Waals surface area contributed by atoms with Gasteiger partial charge in [0.25, 0.3) is 0 Å². The third-order valence-corrected chi connectivity index (χ3v) is 2.52. The van der Waals surface area contributed by atoms with E-state index in [9.17, 15) is 8.42 Å². The van der Waals surface area contributed by atoms with Crippen LogP contribution in [-0.4, -0.2) is 27.2 Å². The second kappa shape index (κ2) is 5.77. The highest BCUT2D eigenvalue weighted by Gasteiger charge is 2.07. The Labute approximate surface area is 71.9 Å². The predicted octanol–water partition coefficient (Wildman–Crippen LogP) is 0.486. The van der Waals surface area contributed by atoms with Crippen molar-refractivity contribution in [1.29, 1.82) is 0 Å². The number of hydrogen-bond donors (Lipinski definition) is 1. The van der Waals surface area contributed by atoms with E-state index in [1.807, 2.05) is 4.89 Å². The first-order valence-electron chi connectivity index (χ1n) is 3.21. The average molecular weight is 202 g/mol. The summed E-state index contributed by atoms with van der Waals surface area (Å²) in [5, 5.41) is 0. The molecular formula is C5H12ClNO3S. The Morgan fingerprint density at radius 1 is 1.45 bits per heavy atom. The molecule has 1 N–H and O–H groups in total. The van der Waals surface area contributed by atoms with Gasteiger partial charge < -0.3 is 0 Å². The summed E-state index contributed by atoms with van der Waals surface area (Å²) in [7, 11) is -1.97. The lowest BCUT2D eigenvalue weighted by Gasteiger charge is -2.01. The van der Waals surface area contributed by atoms with E-state index in [1.54, 1.807) is 0 Å². The quantitative estimate of drug-likeness (QED) is 0.387. The fraction of sp³-hybridized carbons (Fsp3) is 1.00. The van der Waals surface area contributed by atoms with Crippen molar-refractivity contribution >= 4 is 21.6 Å². The number of alkyl halides is 1. The summed E-state index contributed by atoms with van der Waals surface area (Å²) in [5.74, 6) is 0.552. The van der Waals surface area contributed by atoms with Crippen LogP contribution in [0.4, 0.5) is 0 Å². The molecule has 0 aliphatic carbocycles. The molecule has 11 heavy (non-hydrogen) atoms. The molecule has 0 heterocycles. The minimum absolute atomic E-state index is 0.0631. The first kappa shape index (κ1) is 11.2. The summed E-state index contributed by atoms with van der Waals surface area (Å²) < 4.78 is 21.7. The van der Waals surface area contributed by atoms with Gasteiger partial charge in [-0.3, -0.25) is 4.84 Å².